The van der Waals surface area contributed by atoms with Crippen LogP contribution in [0.25, 0.3) is 0 Å². The summed E-state index contributed by atoms with van der Waals surface area (Å²) in [6, 6.07) is 5.41. The number of benzene rings is 1. The van der Waals surface area contributed by atoms with Crippen molar-refractivity contribution in [1.82, 2.24) is 0 Å². The third-order valence-electron chi connectivity index (χ3n) is 7.08. The highest BCUT2D eigenvalue weighted by Crippen LogP contribution is 2.64. The highest BCUT2D eigenvalue weighted by Gasteiger charge is 2.60. The van der Waals surface area contributed by atoms with Gasteiger partial charge in [-0.05, 0) is 78.5 Å². The number of alkyl halides is 1. The minimum absolute atomic E-state index is 0.0926. The van der Waals surface area contributed by atoms with Crippen molar-refractivity contribution in [3.63, 3.8) is 0 Å². The van der Waals surface area contributed by atoms with Gasteiger partial charge >= 0.3 is 0 Å². The Bertz CT molecular complexity index is 657. The molecule has 1 aromatic rings. The fourth-order valence-electron chi connectivity index (χ4n) is 6.38. The molecule has 0 aliphatic heterocycles. The molecule has 0 unspecified atom stereocenters. The first-order valence-electron chi connectivity index (χ1n) is 9.19. The minimum atomic E-state index is -0.866. The van der Waals surface area contributed by atoms with E-state index in [0.29, 0.717) is 18.8 Å². The molecule has 7 atom stereocenters. The quantitative estimate of drug-likeness (QED) is 0.791. The largest absolute Gasteiger partial charge is 0.508 e. The van der Waals surface area contributed by atoms with Gasteiger partial charge in [0, 0.05) is 5.92 Å². The van der Waals surface area contributed by atoms with Crippen molar-refractivity contribution >= 4 is 0 Å². The predicted octanol–water partition coefficient (Wildman–Crippen LogP) is 4.36. The number of hydrogen-bond acceptors (Lipinski definition) is 2. The molecular formula is C21H27FO2. The first kappa shape index (κ1) is 16.1. The van der Waals surface area contributed by atoms with Gasteiger partial charge in [0.25, 0.3) is 0 Å². The zero-order chi connectivity index (χ0) is 17.1. The van der Waals surface area contributed by atoms with Gasteiger partial charge in [0.05, 0.1) is 6.10 Å². The average molecular weight is 330 g/mol. The Labute approximate surface area is 143 Å². The second-order valence-electron chi connectivity index (χ2n) is 8.47. The first-order chi connectivity index (χ1) is 11.4. The minimum Gasteiger partial charge on any atom is -0.508 e. The van der Waals surface area contributed by atoms with Crippen molar-refractivity contribution in [2.24, 2.45) is 23.2 Å². The van der Waals surface area contributed by atoms with Crippen LogP contribution in [0.4, 0.5) is 4.39 Å². The van der Waals surface area contributed by atoms with E-state index < -0.39 is 6.17 Å². The Hall–Kier alpha value is -1.35. The number of aliphatic hydroxyl groups is 1. The first-order valence-corrected chi connectivity index (χ1v) is 9.19. The van der Waals surface area contributed by atoms with Gasteiger partial charge in [-0.2, -0.15) is 0 Å². The summed E-state index contributed by atoms with van der Waals surface area (Å²) in [6.07, 6.45) is 4.59. The van der Waals surface area contributed by atoms with Gasteiger partial charge in [-0.1, -0.05) is 19.1 Å². The lowest BCUT2D eigenvalue weighted by molar-refractivity contribution is -0.0170. The van der Waals surface area contributed by atoms with E-state index in [1.165, 1.54) is 0 Å². The van der Waals surface area contributed by atoms with Gasteiger partial charge in [0.1, 0.15) is 11.9 Å². The topological polar surface area (TPSA) is 40.5 Å². The molecule has 2 N–H and O–H groups in total. The van der Waals surface area contributed by atoms with E-state index in [9.17, 15) is 10.2 Å². The normalized spacial score (nSPS) is 43.6. The lowest BCUT2D eigenvalue weighted by atomic mass is 9.53. The fraction of sp³-hybridized carbons (Fsp3) is 0.619. The molecule has 0 aromatic heterocycles. The number of halogens is 1. The molecule has 3 heteroatoms. The standard InChI is InChI=1S/C21H27FO2/c1-3-4-15-18(24)11-21(2)10-17(22)19-14-8-6-13(23)9-12(14)5-7-16(19)20(15)21/h3,6,8-9,15-20,23-24H,1,4-5,7,10-11H2,2H3/t15-,16+,17-,18+,19+,20-,21+/m0/s1. The van der Waals surface area contributed by atoms with E-state index in [2.05, 4.69) is 13.5 Å². The second-order valence-corrected chi connectivity index (χ2v) is 8.47. The maximum atomic E-state index is 15.3. The Balaban J connectivity index is 1.76. The predicted molar refractivity (Wildman–Crippen MR) is 92.7 cm³/mol. The summed E-state index contributed by atoms with van der Waals surface area (Å²) in [5.41, 5.74) is 2.07. The molecule has 3 aliphatic rings. The van der Waals surface area contributed by atoms with Gasteiger partial charge in [0.15, 0.2) is 0 Å². The number of phenols is 1. The summed E-state index contributed by atoms with van der Waals surface area (Å²) in [5.74, 6) is 1.00. The summed E-state index contributed by atoms with van der Waals surface area (Å²) in [5, 5.41) is 20.4. The number of allylic oxidation sites excluding steroid dienone is 1. The molecule has 2 nitrogen and oxygen atoms in total. The molecule has 0 amide bonds. The van der Waals surface area contributed by atoms with E-state index in [1.807, 2.05) is 12.1 Å². The maximum Gasteiger partial charge on any atom is 0.115 e. The number of rotatable bonds is 2. The molecule has 130 valence electrons. The lowest BCUT2D eigenvalue weighted by Gasteiger charge is -2.52. The molecular weight excluding hydrogens is 303 g/mol. The Kier molecular flexibility index (Phi) is 3.76. The smallest absolute Gasteiger partial charge is 0.115 e. The molecule has 2 fully saturated rings. The molecule has 24 heavy (non-hydrogen) atoms. The third-order valence-corrected chi connectivity index (χ3v) is 7.08. The number of aliphatic hydroxyl groups excluding tert-OH is 1. The van der Waals surface area contributed by atoms with Gasteiger partial charge in [0.2, 0.25) is 0 Å². The zero-order valence-electron chi connectivity index (χ0n) is 14.3. The molecule has 0 radical (unpaired) electrons. The van der Waals surface area contributed by atoms with Crippen LogP contribution in [0.3, 0.4) is 0 Å². The molecule has 0 spiro atoms. The van der Waals surface area contributed by atoms with E-state index >= 15 is 4.39 Å². The van der Waals surface area contributed by atoms with Crippen molar-refractivity contribution in [3.05, 3.63) is 42.0 Å². The van der Waals surface area contributed by atoms with Crippen LogP contribution < -0.4 is 0 Å². The molecule has 0 bridgehead atoms. The number of aromatic hydroxyl groups is 1. The van der Waals surface area contributed by atoms with Crippen molar-refractivity contribution in [2.75, 3.05) is 0 Å². The average Bonchev–Trinajstić information content (AvgIpc) is 2.77. The lowest BCUT2D eigenvalue weighted by Crippen LogP contribution is -2.47. The van der Waals surface area contributed by atoms with Crippen LogP contribution in [0, 0.1) is 23.2 Å². The van der Waals surface area contributed by atoms with E-state index in [0.717, 1.165) is 30.4 Å². The van der Waals surface area contributed by atoms with Crippen LogP contribution in [0.1, 0.15) is 49.7 Å². The van der Waals surface area contributed by atoms with Crippen LogP contribution in [0.2, 0.25) is 0 Å². The van der Waals surface area contributed by atoms with Gasteiger partial charge in [-0.3, -0.25) is 0 Å². The van der Waals surface area contributed by atoms with Crippen LogP contribution in [0.5, 0.6) is 5.75 Å². The number of fused-ring (bicyclic) bond motifs is 5. The van der Waals surface area contributed by atoms with Crippen LogP contribution in [0.15, 0.2) is 30.9 Å². The fourth-order valence-corrected chi connectivity index (χ4v) is 6.38. The van der Waals surface area contributed by atoms with Gasteiger partial charge in [-0.25, -0.2) is 4.39 Å². The van der Waals surface area contributed by atoms with E-state index in [-0.39, 0.29) is 35.0 Å². The third kappa shape index (κ3) is 2.24. The number of aryl methyl sites for hydroxylation is 1. The highest BCUT2D eigenvalue weighted by atomic mass is 19.1. The maximum absolute atomic E-state index is 15.3. The highest BCUT2D eigenvalue weighted by molar-refractivity contribution is 5.41. The van der Waals surface area contributed by atoms with Crippen LogP contribution >= 0.6 is 0 Å². The Morgan fingerprint density at radius 3 is 2.92 bits per heavy atom. The van der Waals surface area contributed by atoms with E-state index in [1.54, 1.807) is 12.1 Å². The van der Waals surface area contributed by atoms with Crippen molar-refractivity contribution < 1.29 is 14.6 Å². The zero-order valence-corrected chi connectivity index (χ0v) is 14.3. The molecule has 0 saturated heterocycles. The number of hydrogen-bond donors (Lipinski definition) is 2. The Morgan fingerprint density at radius 1 is 1.38 bits per heavy atom. The summed E-state index contributed by atoms with van der Waals surface area (Å²) in [4.78, 5) is 0. The van der Waals surface area contributed by atoms with Crippen LogP contribution in [-0.2, 0) is 6.42 Å². The molecule has 0 heterocycles. The molecule has 4 rings (SSSR count). The Morgan fingerprint density at radius 2 is 2.17 bits per heavy atom. The van der Waals surface area contributed by atoms with Crippen molar-refractivity contribution in [2.45, 2.75) is 57.2 Å². The second kappa shape index (κ2) is 5.59. The molecule has 1 aromatic carbocycles. The van der Waals surface area contributed by atoms with Crippen molar-refractivity contribution in [3.8, 4) is 5.75 Å². The molecule has 3 aliphatic carbocycles. The molecule has 2 saturated carbocycles. The van der Waals surface area contributed by atoms with Crippen molar-refractivity contribution in [1.29, 1.82) is 0 Å². The van der Waals surface area contributed by atoms with E-state index in [4.69, 9.17) is 0 Å². The summed E-state index contributed by atoms with van der Waals surface area (Å²) in [6.45, 7) is 6.05. The van der Waals surface area contributed by atoms with Gasteiger partial charge in [-0.15, -0.1) is 6.58 Å². The summed E-state index contributed by atoms with van der Waals surface area (Å²) >= 11 is 0. The van der Waals surface area contributed by atoms with Gasteiger partial charge < -0.3 is 10.2 Å². The SMILES string of the molecule is C=CC[C@@H]1[C@H]2[C@@H]3CCc4cc(O)ccc4[C@H]3[C@@H](F)C[C@]2(C)C[C@H]1O. The summed E-state index contributed by atoms with van der Waals surface area (Å²) < 4.78 is 15.3. The summed E-state index contributed by atoms with van der Waals surface area (Å²) in [7, 11) is 0. The van der Waals surface area contributed by atoms with Crippen LogP contribution in [-0.4, -0.2) is 22.5 Å². The number of phenolic OH excluding ortho intramolecular Hbond substituents is 1. The monoisotopic (exact) mass is 330 g/mol.